The second-order valence-corrected chi connectivity index (χ2v) is 5.64. The van der Waals surface area contributed by atoms with Gasteiger partial charge in [0.25, 0.3) is 0 Å². The van der Waals surface area contributed by atoms with Crippen LogP contribution in [0.5, 0.6) is 0 Å². The molecule has 1 heterocycles. The average Bonchev–Trinajstić information content (AvgIpc) is 2.71. The number of nitrogens with two attached hydrogens (primary N) is 1. The fourth-order valence-corrected chi connectivity index (χ4v) is 2.71. The van der Waals surface area contributed by atoms with E-state index < -0.39 is 0 Å². The molecule has 2 aromatic rings. The van der Waals surface area contributed by atoms with Gasteiger partial charge in [-0.2, -0.15) is 0 Å². The first kappa shape index (κ1) is 15.0. The third-order valence-corrected chi connectivity index (χ3v) is 3.88. The molecule has 0 saturated heterocycles. The fraction of sp³-hybridized carbons (Fsp3) is 0.400. The molecule has 0 saturated carbocycles. The van der Waals surface area contributed by atoms with Crippen molar-refractivity contribution in [3.63, 3.8) is 0 Å². The molecular formula is C15H19BrFN3. The number of benzene rings is 1. The summed E-state index contributed by atoms with van der Waals surface area (Å²) in [7, 11) is 0. The topological polar surface area (TPSA) is 43.8 Å². The Morgan fingerprint density at radius 3 is 2.70 bits per heavy atom. The Labute approximate surface area is 127 Å². The molecule has 0 aliphatic rings. The Morgan fingerprint density at radius 2 is 2.05 bits per heavy atom. The molecule has 20 heavy (non-hydrogen) atoms. The van der Waals surface area contributed by atoms with Crippen molar-refractivity contribution in [2.24, 2.45) is 0 Å². The lowest BCUT2D eigenvalue weighted by molar-refractivity contribution is 0.628. The number of hydrogen-bond acceptors (Lipinski definition) is 2. The molecule has 0 unspecified atom stereocenters. The molecule has 108 valence electrons. The van der Waals surface area contributed by atoms with Crippen LogP contribution in [0.4, 0.5) is 10.2 Å². The molecule has 0 spiro atoms. The van der Waals surface area contributed by atoms with Gasteiger partial charge in [-0.25, -0.2) is 9.37 Å². The first-order chi connectivity index (χ1) is 9.58. The highest BCUT2D eigenvalue weighted by molar-refractivity contribution is 9.10. The predicted octanol–water partition coefficient (Wildman–Crippen LogP) is 4.40. The van der Waals surface area contributed by atoms with Crippen LogP contribution in [0.1, 0.15) is 32.5 Å². The summed E-state index contributed by atoms with van der Waals surface area (Å²) in [6.07, 6.45) is 2.86. The molecule has 0 aliphatic heterocycles. The maximum atomic E-state index is 13.5. The normalized spacial score (nSPS) is 11.0. The summed E-state index contributed by atoms with van der Waals surface area (Å²) in [4.78, 5) is 4.63. The summed E-state index contributed by atoms with van der Waals surface area (Å²) in [5, 5.41) is 0. The van der Waals surface area contributed by atoms with Gasteiger partial charge in [0.2, 0.25) is 0 Å². The third-order valence-electron chi connectivity index (χ3n) is 3.19. The van der Waals surface area contributed by atoms with Crippen molar-refractivity contribution in [2.75, 3.05) is 5.73 Å². The molecule has 0 fully saturated rings. The molecule has 1 aromatic carbocycles. The van der Waals surface area contributed by atoms with Crippen molar-refractivity contribution >= 4 is 21.7 Å². The molecule has 2 N–H and O–H groups in total. The SMILES string of the molecule is CCCc1nc(-c2cc(F)ccc2Br)c(N)n1CCC. The molecule has 0 amide bonds. The van der Waals surface area contributed by atoms with E-state index in [2.05, 4.69) is 34.8 Å². The van der Waals surface area contributed by atoms with Crippen LogP contribution in [-0.2, 0) is 13.0 Å². The van der Waals surface area contributed by atoms with E-state index in [1.165, 1.54) is 12.1 Å². The fourth-order valence-electron chi connectivity index (χ4n) is 2.28. The van der Waals surface area contributed by atoms with Crippen LogP contribution < -0.4 is 5.73 Å². The Balaban J connectivity index is 2.56. The van der Waals surface area contributed by atoms with Gasteiger partial charge in [0, 0.05) is 23.0 Å². The van der Waals surface area contributed by atoms with Crippen LogP contribution in [0, 0.1) is 5.82 Å². The average molecular weight is 340 g/mol. The Morgan fingerprint density at radius 1 is 1.30 bits per heavy atom. The van der Waals surface area contributed by atoms with E-state index in [0.717, 1.165) is 36.1 Å². The van der Waals surface area contributed by atoms with Crippen LogP contribution in [0.3, 0.4) is 0 Å². The van der Waals surface area contributed by atoms with E-state index in [4.69, 9.17) is 5.73 Å². The summed E-state index contributed by atoms with van der Waals surface area (Å²) in [5.74, 6) is 1.30. The second-order valence-electron chi connectivity index (χ2n) is 4.79. The van der Waals surface area contributed by atoms with Gasteiger partial charge in [0.1, 0.15) is 23.2 Å². The highest BCUT2D eigenvalue weighted by Crippen LogP contribution is 2.33. The first-order valence-corrected chi connectivity index (χ1v) is 7.68. The Bertz CT molecular complexity index is 607. The lowest BCUT2D eigenvalue weighted by Gasteiger charge is -2.07. The van der Waals surface area contributed by atoms with Gasteiger partial charge in [-0.15, -0.1) is 0 Å². The zero-order chi connectivity index (χ0) is 14.7. The standard InChI is InChI=1S/C15H19BrFN3/c1-3-5-13-19-14(15(18)20(13)8-4-2)11-9-10(17)6-7-12(11)16/h6-7,9H,3-5,8,18H2,1-2H3. The zero-order valence-electron chi connectivity index (χ0n) is 11.8. The quantitative estimate of drug-likeness (QED) is 0.877. The van der Waals surface area contributed by atoms with E-state index >= 15 is 0 Å². The van der Waals surface area contributed by atoms with Gasteiger partial charge in [-0.1, -0.05) is 29.8 Å². The molecule has 0 atom stereocenters. The monoisotopic (exact) mass is 339 g/mol. The minimum atomic E-state index is -0.287. The number of halogens is 2. The van der Waals surface area contributed by atoms with Crippen molar-refractivity contribution in [3.8, 4) is 11.3 Å². The van der Waals surface area contributed by atoms with Crippen molar-refractivity contribution in [2.45, 2.75) is 39.7 Å². The second kappa shape index (κ2) is 6.39. The third kappa shape index (κ3) is 2.87. The van der Waals surface area contributed by atoms with Crippen LogP contribution in [-0.4, -0.2) is 9.55 Å². The van der Waals surface area contributed by atoms with E-state index in [9.17, 15) is 4.39 Å². The van der Waals surface area contributed by atoms with Crippen molar-refractivity contribution in [1.82, 2.24) is 9.55 Å². The summed E-state index contributed by atoms with van der Waals surface area (Å²) in [5.41, 5.74) is 7.59. The van der Waals surface area contributed by atoms with Gasteiger partial charge >= 0.3 is 0 Å². The van der Waals surface area contributed by atoms with E-state index in [1.54, 1.807) is 6.07 Å². The number of rotatable bonds is 5. The molecular weight excluding hydrogens is 321 g/mol. The van der Waals surface area contributed by atoms with Crippen molar-refractivity contribution < 1.29 is 4.39 Å². The first-order valence-electron chi connectivity index (χ1n) is 6.88. The molecule has 2 rings (SSSR count). The maximum Gasteiger partial charge on any atom is 0.131 e. The Kier molecular flexibility index (Phi) is 4.81. The lowest BCUT2D eigenvalue weighted by atomic mass is 10.1. The number of aryl methyl sites for hydroxylation is 1. The number of hydrogen-bond donors (Lipinski definition) is 1. The summed E-state index contributed by atoms with van der Waals surface area (Å²) >= 11 is 3.44. The highest BCUT2D eigenvalue weighted by atomic mass is 79.9. The lowest BCUT2D eigenvalue weighted by Crippen LogP contribution is -2.06. The number of imidazole rings is 1. The number of nitrogen functional groups attached to an aromatic ring is 1. The van der Waals surface area contributed by atoms with Gasteiger partial charge in [0.05, 0.1) is 0 Å². The van der Waals surface area contributed by atoms with Crippen LogP contribution in [0.2, 0.25) is 0 Å². The molecule has 0 radical (unpaired) electrons. The van der Waals surface area contributed by atoms with Crippen LogP contribution >= 0.6 is 15.9 Å². The molecule has 0 bridgehead atoms. The van der Waals surface area contributed by atoms with Crippen molar-refractivity contribution in [1.29, 1.82) is 0 Å². The molecule has 0 aliphatic carbocycles. The van der Waals surface area contributed by atoms with Gasteiger partial charge in [0.15, 0.2) is 0 Å². The van der Waals surface area contributed by atoms with Crippen LogP contribution in [0.25, 0.3) is 11.3 Å². The molecule has 5 heteroatoms. The molecule has 3 nitrogen and oxygen atoms in total. The smallest absolute Gasteiger partial charge is 0.131 e. The number of anilines is 1. The minimum absolute atomic E-state index is 0.287. The van der Waals surface area contributed by atoms with E-state index in [1.807, 2.05) is 4.57 Å². The highest BCUT2D eigenvalue weighted by Gasteiger charge is 2.17. The van der Waals surface area contributed by atoms with Gasteiger partial charge in [-0.05, 0) is 31.0 Å². The largest absolute Gasteiger partial charge is 0.383 e. The summed E-state index contributed by atoms with van der Waals surface area (Å²) in [6, 6.07) is 4.57. The zero-order valence-corrected chi connectivity index (χ0v) is 13.4. The summed E-state index contributed by atoms with van der Waals surface area (Å²) in [6.45, 7) is 5.05. The van der Waals surface area contributed by atoms with Crippen LogP contribution in [0.15, 0.2) is 22.7 Å². The van der Waals surface area contributed by atoms with Gasteiger partial charge < -0.3 is 10.3 Å². The molecule has 1 aromatic heterocycles. The predicted molar refractivity (Wildman–Crippen MR) is 84.0 cm³/mol. The Hall–Kier alpha value is -1.36. The minimum Gasteiger partial charge on any atom is -0.383 e. The maximum absolute atomic E-state index is 13.5. The van der Waals surface area contributed by atoms with E-state index in [-0.39, 0.29) is 5.82 Å². The number of aromatic nitrogens is 2. The van der Waals surface area contributed by atoms with Gasteiger partial charge in [-0.3, -0.25) is 0 Å². The summed E-state index contributed by atoms with van der Waals surface area (Å²) < 4.78 is 16.3. The van der Waals surface area contributed by atoms with E-state index in [0.29, 0.717) is 17.1 Å². The van der Waals surface area contributed by atoms with Crippen molar-refractivity contribution in [3.05, 3.63) is 34.3 Å². The number of nitrogens with zero attached hydrogens (tertiary/aromatic N) is 2.